The van der Waals surface area contributed by atoms with Crippen molar-refractivity contribution in [1.29, 1.82) is 0 Å². The molecule has 1 fully saturated rings. The van der Waals surface area contributed by atoms with Crippen molar-refractivity contribution in [2.75, 3.05) is 13.6 Å². The Labute approximate surface area is 141 Å². The van der Waals surface area contributed by atoms with Gasteiger partial charge in [-0.15, -0.1) is 0 Å². The molecule has 0 N–H and O–H groups in total. The van der Waals surface area contributed by atoms with Gasteiger partial charge in [-0.1, -0.05) is 6.92 Å². The fourth-order valence-corrected chi connectivity index (χ4v) is 3.76. The third-order valence-corrected chi connectivity index (χ3v) is 5.00. The first-order chi connectivity index (χ1) is 11.4. The highest BCUT2D eigenvalue weighted by Gasteiger charge is 2.43. The molecule has 1 aromatic heterocycles. The maximum atomic E-state index is 13.2. The Balaban J connectivity index is 1.88. The molecule has 0 spiro atoms. The number of fused-ring (bicyclic) bond motifs is 1. The number of aryl methyl sites for hydroxylation is 2. The maximum Gasteiger partial charge on any atom is 0.252 e. The summed E-state index contributed by atoms with van der Waals surface area (Å²) in [5.74, 6) is -0.802. The number of imide groups is 1. The molecule has 2 atom stereocenters. The van der Waals surface area contributed by atoms with Crippen LogP contribution in [0, 0.1) is 0 Å². The minimum absolute atomic E-state index is 0.0488. The number of carbonyl (C=O) groups is 3. The van der Waals surface area contributed by atoms with E-state index < -0.39 is 6.04 Å². The van der Waals surface area contributed by atoms with E-state index in [4.69, 9.17) is 0 Å². The summed E-state index contributed by atoms with van der Waals surface area (Å²) in [5.41, 5.74) is 1.95. The number of carbonyl (C=O) groups excluding carboxylic acids is 3. The van der Waals surface area contributed by atoms with Crippen molar-refractivity contribution in [3.05, 3.63) is 17.5 Å². The molecule has 2 unspecified atom stereocenters. The largest absolute Gasteiger partial charge is 0.330 e. The van der Waals surface area contributed by atoms with Crippen LogP contribution in [-0.2, 0) is 27.9 Å². The van der Waals surface area contributed by atoms with Gasteiger partial charge in [0.15, 0.2) is 0 Å². The van der Waals surface area contributed by atoms with Crippen molar-refractivity contribution >= 4 is 17.7 Å². The molecule has 130 valence electrons. The maximum absolute atomic E-state index is 13.2. The van der Waals surface area contributed by atoms with E-state index in [2.05, 4.69) is 5.10 Å². The molecule has 0 saturated carbocycles. The van der Waals surface area contributed by atoms with Gasteiger partial charge >= 0.3 is 0 Å². The van der Waals surface area contributed by atoms with Crippen LogP contribution in [-0.4, -0.2) is 56.9 Å². The van der Waals surface area contributed by atoms with E-state index >= 15 is 0 Å². The predicted octanol–water partition coefficient (Wildman–Crippen LogP) is 0.836. The molecule has 2 aliphatic rings. The Morgan fingerprint density at radius 1 is 1.38 bits per heavy atom. The average molecular weight is 332 g/mol. The molecule has 3 amide bonds. The lowest BCUT2D eigenvalue weighted by atomic mass is 9.85. The van der Waals surface area contributed by atoms with Gasteiger partial charge in [-0.2, -0.15) is 5.10 Å². The molecule has 0 aromatic carbocycles. The molecule has 7 nitrogen and oxygen atoms in total. The van der Waals surface area contributed by atoms with Crippen LogP contribution in [0.5, 0.6) is 0 Å². The molecule has 1 saturated heterocycles. The Morgan fingerprint density at radius 2 is 2.12 bits per heavy atom. The number of rotatable bonds is 4. The highest BCUT2D eigenvalue weighted by molar-refractivity contribution is 6.06. The fourth-order valence-electron chi connectivity index (χ4n) is 3.76. The highest BCUT2D eigenvalue weighted by Crippen LogP contribution is 2.33. The number of hydrogen-bond acceptors (Lipinski definition) is 4. The summed E-state index contributed by atoms with van der Waals surface area (Å²) in [6.07, 6.45) is 5.32. The lowest BCUT2D eigenvalue weighted by Crippen LogP contribution is -2.47. The van der Waals surface area contributed by atoms with Crippen molar-refractivity contribution in [2.45, 2.75) is 51.0 Å². The third kappa shape index (κ3) is 2.72. The van der Waals surface area contributed by atoms with E-state index in [9.17, 15) is 14.4 Å². The van der Waals surface area contributed by atoms with E-state index in [1.807, 2.05) is 20.2 Å². The van der Waals surface area contributed by atoms with Crippen molar-refractivity contribution in [2.24, 2.45) is 7.05 Å². The number of nitrogens with zero attached hydrogens (tertiary/aromatic N) is 4. The van der Waals surface area contributed by atoms with E-state index in [0.29, 0.717) is 6.54 Å². The molecule has 1 aliphatic carbocycles. The number of amides is 3. The van der Waals surface area contributed by atoms with E-state index in [1.165, 1.54) is 7.05 Å². The van der Waals surface area contributed by atoms with E-state index in [1.54, 1.807) is 9.58 Å². The summed E-state index contributed by atoms with van der Waals surface area (Å²) >= 11 is 0. The first kappa shape index (κ1) is 16.7. The molecule has 0 radical (unpaired) electrons. The van der Waals surface area contributed by atoms with Gasteiger partial charge in [0.05, 0.1) is 18.0 Å². The van der Waals surface area contributed by atoms with Crippen LogP contribution in [0.3, 0.4) is 0 Å². The quantitative estimate of drug-likeness (QED) is 0.766. The molecule has 1 aromatic rings. The first-order valence-corrected chi connectivity index (χ1v) is 8.57. The summed E-state index contributed by atoms with van der Waals surface area (Å²) < 4.78 is 1.75. The van der Waals surface area contributed by atoms with Gasteiger partial charge in [-0.3, -0.25) is 24.0 Å². The van der Waals surface area contributed by atoms with Crippen LogP contribution in [0.25, 0.3) is 0 Å². The minimum atomic E-state index is -0.656. The smallest absolute Gasteiger partial charge is 0.252 e. The molecule has 2 heterocycles. The van der Waals surface area contributed by atoms with Crippen molar-refractivity contribution < 1.29 is 14.4 Å². The van der Waals surface area contributed by atoms with E-state index in [0.717, 1.165) is 41.8 Å². The Kier molecular flexibility index (Phi) is 4.43. The topological polar surface area (TPSA) is 75.5 Å². The van der Waals surface area contributed by atoms with Crippen molar-refractivity contribution in [3.8, 4) is 0 Å². The summed E-state index contributed by atoms with van der Waals surface area (Å²) in [7, 11) is 3.34. The second-order valence-electron chi connectivity index (χ2n) is 6.69. The van der Waals surface area contributed by atoms with Crippen LogP contribution >= 0.6 is 0 Å². The highest BCUT2D eigenvalue weighted by atomic mass is 16.2. The summed E-state index contributed by atoms with van der Waals surface area (Å²) in [4.78, 5) is 40.2. The fraction of sp³-hybridized carbons (Fsp3) is 0.647. The normalized spacial score (nSPS) is 23.5. The van der Waals surface area contributed by atoms with Crippen molar-refractivity contribution in [1.82, 2.24) is 19.6 Å². The van der Waals surface area contributed by atoms with Crippen LogP contribution < -0.4 is 0 Å². The second kappa shape index (κ2) is 6.37. The van der Waals surface area contributed by atoms with Gasteiger partial charge < -0.3 is 4.90 Å². The molecular weight excluding hydrogens is 308 g/mol. The molecule has 3 rings (SSSR count). The van der Waals surface area contributed by atoms with Crippen LogP contribution in [0.4, 0.5) is 0 Å². The predicted molar refractivity (Wildman–Crippen MR) is 87.1 cm³/mol. The van der Waals surface area contributed by atoms with Gasteiger partial charge in [0.1, 0.15) is 6.04 Å². The van der Waals surface area contributed by atoms with Crippen molar-refractivity contribution in [3.63, 3.8) is 0 Å². The number of aromatic nitrogens is 2. The summed E-state index contributed by atoms with van der Waals surface area (Å²) in [6, 6.07) is -0.656. The SMILES string of the molecule is CCCN(C(=O)C1CCCc2nn(C)cc21)C1CC(=O)N(C)C1=O. The molecule has 1 aliphatic heterocycles. The number of hydrogen-bond donors (Lipinski definition) is 0. The minimum Gasteiger partial charge on any atom is -0.330 e. The molecule has 24 heavy (non-hydrogen) atoms. The van der Waals surface area contributed by atoms with Crippen LogP contribution in [0.15, 0.2) is 6.20 Å². The van der Waals surface area contributed by atoms with Gasteiger partial charge in [-0.05, 0) is 25.7 Å². The Hall–Kier alpha value is -2.18. The zero-order valence-corrected chi connectivity index (χ0v) is 14.5. The van der Waals surface area contributed by atoms with Crippen LogP contribution in [0.1, 0.15) is 49.8 Å². The third-order valence-electron chi connectivity index (χ3n) is 5.00. The zero-order chi connectivity index (χ0) is 17.4. The summed E-state index contributed by atoms with van der Waals surface area (Å²) in [6.45, 7) is 2.46. The van der Waals surface area contributed by atoms with Gasteiger partial charge in [0, 0.05) is 32.4 Å². The number of likely N-dealkylation sites (N-methyl/N-ethyl adjacent to an activating group) is 1. The van der Waals surface area contributed by atoms with Gasteiger partial charge in [-0.25, -0.2) is 0 Å². The molecule has 0 bridgehead atoms. The average Bonchev–Trinajstić information content (AvgIpc) is 3.06. The zero-order valence-electron chi connectivity index (χ0n) is 14.5. The molecule has 7 heteroatoms. The lowest BCUT2D eigenvalue weighted by Gasteiger charge is -2.32. The van der Waals surface area contributed by atoms with E-state index in [-0.39, 0.29) is 30.1 Å². The Morgan fingerprint density at radius 3 is 2.75 bits per heavy atom. The van der Waals surface area contributed by atoms with Gasteiger partial charge in [0.2, 0.25) is 11.8 Å². The van der Waals surface area contributed by atoms with Crippen LogP contribution in [0.2, 0.25) is 0 Å². The van der Waals surface area contributed by atoms with Gasteiger partial charge in [0.25, 0.3) is 5.91 Å². The molecular formula is C17H24N4O3. The monoisotopic (exact) mass is 332 g/mol. The summed E-state index contributed by atoms with van der Waals surface area (Å²) in [5, 5.41) is 4.44. The Bertz CT molecular complexity index is 681. The second-order valence-corrected chi connectivity index (χ2v) is 6.69. The standard InChI is InChI=1S/C17H24N4O3/c1-4-8-21(14-9-15(22)20(3)17(14)24)16(23)11-6-5-7-13-12(11)10-19(2)18-13/h10-11,14H,4-9H2,1-3H3. The number of likely N-dealkylation sites (tertiary alicyclic amines) is 1. The lowest BCUT2D eigenvalue weighted by molar-refractivity contribution is -0.144. The first-order valence-electron chi connectivity index (χ1n) is 8.57.